The first-order valence-corrected chi connectivity index (χ1v) is 3.67. The van der Waals surface area contributed by atoms with E-state index in [9.17, 15) is 4.79 Å². The number of likely N-dealkylation sites (N-methyl/N-ethyl adjacent to an activating group) is 1. The van der Waals surface area contributed by atoms with Crippen LogP contribution in [0.2, 0.25) is 0 Å². The van der Waals surface area contributed by atoms with Gasteiger partial charge in [0.05, 0.1) is 6.04 Å². The number of hydrogen-bond donors (Lipinski definition) is 2. The lowest BCUT2D eigenvalue weighted by molar-refractivity contribution is -0.109. The highest BCUT2D eigenvalue weighted by Crippen LogP contribution is 1.96. The van der Waals surface area contributed by atoms with Crippen molar-refractivity contribution in [3.05, 3.63) is 0 Å². The van der Waals surface area contributed by atoms with Crippen LogP contribution in [0.3, 0.4) is 0 Å². The van der Waals surface area contributed by atoms with Crippen LogP contribution >= 0.6 is 0 Å². The Labute approximate surface area is 62.0 Å². The predicted molar refractivity (Wildman–Crippen MR) is 41.8 cm³/mol. The number of hydrogen-bond acceptors (Lipinski definition) is 3. The molecule has 3 nitrogen and oxygen atoms in total. The van der Waals surface area contributed by atoms with Gasteiger partial charge in [0.15, 0.2) is 0 Å². The molecule has 0 aromatic heterocycles. The van der Waals surface area contributed by atoms with E-state index in [0.717, 1.165) is 32.1 Å². The summed E-state index contributed by atoms with van der Waals surface area (Å²) in [5.41, 5.74) is 5.29. The van der Waals surface area contributed by atoms with E-state index in [2.05, 4.69) is 5.32 Å². The van der Waals surface area contributed by atoms with Gasteiger partial charge in [-0.2, -0.15) is 0 Å². The average Bonchev–Trinajstić information content (AvgIpc) is 1.99. The minimum Gasteiger partial charge on any atom is -0.330 e. The van der Waals surface area contributed by atoms with Crippen LogP contribution in [0.5, 0.6) is 0 Å². The number of aldehydes is 1. The first kappa shape index (κ1) is 9.59. The van der Waals surface area contributed by atoms with Gasteiger partial charge in [0.1, 0.15) is 6.29 Å². The Morgan fingerprint density at radius 3 is 2.70 bits per heavy atom. The van der Waals surface area contributed by atoms with Gasteiger partial charge in [0, 0.05) is 0 Å². The van der Waals surface area contributed by atoms with Gasteiger partial charge in [-0.25, -0.2) is 0 Å². The maximum absolute atomic E-state index is 10.2. The Bertz CT molecular complexity index is 85.7. The quantitative estimate of drug-likeness (QED) is 0.404. The van der Waals surface area contributed by atoms with Gasteiger partial charge in [-0.15, -0.1) is 0 Å². The Hall–Kier alpha value is -0.410. The maximum atomic E-state index is 10.2. The Balaban J connectivity index is 3.17. The predicted octanol–water partition coefficient (Wildman–Crippen LogP) is -0.0977. The summed E-state index contributed by atoms with van der Waals surface area (Å²) in [7, 11) is 1.79. The normalized spacial score (nSPS) is 13.0. The molecule has 0 heterocycles. The number of carbonyl (C=O) groups is 1. The van der Waals surface area contributed by atoms with Gasteiger partial charge in [-0.3, -0.25) is 0 Å². The number of rotatable bonds is 6. The lowest BCUT2D eigenvalue weighted by Gasteiger charge is -2.06. The summed E-state index contributed by atoms with van der Waals surface area (Å²) in [4.78, 5) is 10.2. The molecule has 0 bridgehead atoms. The third-order valence-electron chi connectivity index (χ3n) is 1.50. The topological polar surface area (TPSA) is 55.1 Å². The molecule has 0 rings (SSSR count). The highest BCUT2D eigenvalue weighted by Gasteiger charge is 2.00. The lowest BCUT2D eigenvalue weighted by atomic mass is 10.1. The van der Waals surface area contributed by atoms with Gasteiger partial charge in [0.25, 0.3) is 0 Å². The van der Waals surface area contributed by atoms with Crippen molar-refractivity contribution in [2.24, 2.45) is 5.73 Å². The molecular weight excluding hydrogens is 128 g/mol. The van der Waals surface area contributed by atoms with Crippen molar-refractivity contribution >= 4 is 6.29 Å². The average molecular weight is 144 g/mol. The van der Waals surface area contributed by atoms with Crippen LogP contribution in [-0.4, -0.2) is 25.9 Å². The molecule has 10 heavy (non-hydrogen) atoms. The van der Waals surface area contributed by atoms with Crippen molar-refractivity contribution in [2.75, 3.05) is 13.6 Å². The number of nitrogens with two attached hydrogens (primary N) is 1. The van der Waals surface area contributed by atoms with Gasteiger partial charge in [-0.05, 0) is 26.4 Å². The van der Waals surface area contributed by atoms with Crippen LogP contribution in [0, 0.1) is 0 Å². The molecule has 0 fully saturated rings. The van der Waals surface area contributed by atoms with Gasteiger partial charge < -0.3 is 15.8 Å². The van der Waals surface area contributed by atoms with Crippen molar-refractivity contribution in [1.82, 2.24) is 5.32 Å². The molecule has 0 aliphatic carbocycles. The van der Waals surface area contributed by atoms with Crippen LogP contribution in [0.1, 0.15) is 19.3 Å². The summed E-state index contributed by atoms with van der Waals surface area (Å²) in [5.74, 6) is 0. The second kappa shape index (κ2) is 6.71. The summed E-state index contributed by atoms with van der Waals surface area (Å²) in [6.07, 6.45) is 3.88. The molecule has 3 heteroatoms. The fraction of sp³-hybridized carbons (Fsp3) is 0.857. The summed E-state index contributed by atoms with van der Waals surface area (Å²) in [5, 5.41) is 2.90. The third-order valence-corrected chi connectivity index (χ3v) is 1.50. The molecule has 0 radical (unpaired) electrons. The van der Waals surface area contributed by atoms with Gasteiger partial charge in [0.2, 0.25) is 0 Å². The number of unbranched alkanes of at least 4 members (excludes halogenated alkanes) is 1. The van der Waals surface area contributed by atoms with E-state index >= 15 is 0 Å². The second-order valence-electron chi connectivity index (χ2n) is 2.32. The molecular formula is C7H16N2O. The van der Waals surface area contributed by atoms with E-state index < -0.39 is 0 Å². The molecule has 0 aromatic carbocycles. The Kier molecular flexibility index (Phi) is 6.43. The van der Waals surface area contributed by atoms with E-state index in [4.69, 9.17) is 5.73 Å². The van der Waals surface area contributed by atoms with Crippen LogP contribution in [0.15, 0.2) is 0 Å². The largest absolute Gasteiger partial charge is 0.330 e. The van der Waals surface area contributed by atoms with Gasteiger partial charge in [-0.1, -0.05) is 6.42 Å². The fourth-order valence-electron chi connectivity index (χ4n) is 0.789. The van der Waals surface area contributed by atoms with Crippen LogP contribution in [0.4, 0.5) is 0 Å². The summed E-state index contributed by atoms with van der Waals surface area (Å²) < 4.78 is 0. The fourth-order valence-corrected chi connectivity index (χ4v) is 0.789. The molecule has 0 unspecified atom stereocenters. The minimum absolute atomic E-state index is 0.0200. The first-order chi connectivity index (χ1) is 4.85. The summed E-state index contributed by atoms with van der Waals surface area (Å²) in [6.45, 7) is 0.718. The molecule has 0 aliphatic heterocycles. The first-order valence-electron chi connectivity index (χ1n) is 3.67. The maximum Gasteiger partial charge on any atom is 0.136 e. The Morgan fingerprint density at radius 2 is 2.30 bits per heavy atom. The van der Waals surface area contributed by atoms with Crippen LogP contribution in [-0.2, 0) is 4.79 Å². The standard InChI is InChI=1S/C7H16N2O/c1-9-7(6-10)4-2-3-5-8/h6-7,9H,2-5,8H2,1H3/t7-/m0/s1. The molecule has 0 aliphatic rings. The molecule has 3 N–H and O–H groups in total. The molecule has 0 amide bonds. The smallest absolute Gasteiger partial charge is 0.136 e. The van der Waals surface area contributed by atoms with Crippen molar-refractivity contribution < 1.29 is 4.79 Å². The van der Waals surface area contributed by atoms with Crippen molar-refractivity contribution in [2.45, 2.75) is 25.3 Å². The number of carbonyl (C=O) groups excluding carboxylic acids is 1. The van der Waals surface area contributed by atoms with Crippen molar-refractivity contribution in [3.63, 3.8) is 0 Å². The molecule has 1 atom stereocenters. The summed E-state index contributed by atoms with van der Waals surface area (Å²) >= 11 is 0. The molecule has 0 saturated heterocycles. The van der Waals surface area contributed by atoms with E-state index in [1.54, 1.807) is 7.05 Å². The summed E-state index contributed by atoms with van der Waals surface area (Å²) in [6, 6.07) is 0.0200. The minimum atomic E-state index is 0.0200. The second-order valence-corrected chi connectivity index (χ2v) is 2.32. The van der Waals surface area contributed by atoms with E-state index in [0.29, 0.717) is 0 Å². The lowest BCUT2D eigenvalue weighted by Crippen LogP contribution is -2.26. The van der Waals surface area contributed by atoms with E-state index in [-0.39, 0.29) is 6.04 Å². The van der Waals surface area contributed by atoms with Crippen LogP contribution < -0.4 is 11.1 Å². The zero-order valence-corrected chi connectivity index (χ0v) is 6.47. The van der Waals surface area contributed by atoms with Crippen molar-refractivity contribution in [1.29, 1.82) is 0 Å². The molecule has 0 saturated carbocycles. The highest BCUT2D eigenvalue weighted by molar-refractivity contribution is 5.57. The zero-order chi connectivity index (χ0) is 7.82. The van der Waals surface area contributed by atoms with Gasteiger partial charge >= 0.3 is 0 Å². The molecule has 60 valence electrons. The molecule has 0 aromatic rings. The Morgan fingerprint density at radius 1 is 1.60 bits per heavy atom. The monoisotopic (exact) mass is 144 g/mol. The van der Waals surface area contributed by atoms with Crippen LogP contribution in [0.25, 0.3) is 0 Å². The van der Waals surface area contributed by atoms with E-state index in [1.807, 2.05) is 0 Å². The number of nitrogens with one attached hydrogen (secondary N) is 1. The van der Waals surface area contributed by atoms with E-state index in [1.165, 1.54) is 0 Å². The SMILES string of the molecule is CN[C@H](C=O)CCCCN. The zero-order valence-electron chi connectivity index (χ0n) is 6.47. The third kappa shape index (κ3) is 4.47. The highest BCUT2D eigenvalue weighted by atomic mass is 16.1. The molecule has 0 spiro atoms. The van der Waals surface area contributed by atoms with Crippen molar-refractivity contribution in [3.8, 4) is 0 Å².